The summed E-state index contributed by atoms with van der Waals surface area (Å²) in [5.41, 5.74) is 0.293. The Hall–Kier alpha value is -0.113. The zero-order valence-corrected chi connectivity index (χ0v) is 13.5. The Kier molecular flexibility index (Phi) is 3.74. The van der Waals surface area contributed by atoms with Crippen molar-refractivity contribution in [3.8, 4) is 0 Å². The van der Waals surface area contributed by atoms with Gasteiger partial charge in [-0.15, -0.1) is 0 Å². The molecule has 16 heavy (non-hydrogen) atoms. The number of nitrogens with zero attached hydrogens (tertiary/aromatic N) is 1. The van der Waals surface area contributed by atoms with Crippen molar-refractivity contribution in [2.24, 2.45) is 5.92 Å². The van der Waals surface area contributed by atoms with E-state index in [1.165, 1.54) is 12.8 Å². The molecule has 2 unspecified atom stereocenters. The molecule has 2 heteroatoms. The predicted molar refractivity (Wildman–Crippen MR) is 76.2 cm³/mol. The van der Waals surface area contributed by atoms with Crippen LogP contribution in [0.4, 0.5) is 0 Å². The highest BCUT2D eigenvalue weighted by molar-refractivity contribution is 7.03. The molecule has 0 spiro atoms. The van der Waals surface area contributed by atoms with Crippen LogP contribution in [0.3, 0.4) is 0 Å². The van der Waals surface area contributed by atoms with Gasteiger partial charge in [-0.3, -0.25) is 0 Å². The maximum atomic E-state index is 2.77. The van der Waals surface area contributed by atoms with Gasteiger partial charge in [0, 0.05) is 18.8 Å². The average Bonchev–Trinajstić information content (AvgIpc) is 2.40. The smallest absolute Gasteiger partial charge is 0.153 e. The summed E-state index contributed by atoms with van der Waals surface area (Å²) in [5, 5.41) is 1.80. The van der Waals surface area contributed by atoms with E-state index in [-0.39, 0.29) is 0 Å². The summed E-state index contributed by atoms with van der Waals surface area (Å²) in [7, 11) is -1.18. The van der Waals surface area contributed by atoms with Gasteiger partial charge in [0.1, 0.15) is 5.33 Å². The first-order chi connectivity index (χ1) is 7.09. The first-order valence-electron chi connectivity index (χ1n) is 6.75. The Balaban J connectivity index is 3.30. The highest BCUT2D eigenvalue weighted by Crippen LogP contribution is 2.31. The van der Waals surface area contributed by atoms with Gasteiger partial charge in [0.05, 0.1) is 0 Å². The second kappa shape index (κ2) is 4.28. The molecule has 2 atom stereocenters. The van der Waals surface area contributed by atoms with Gasteiger partial charge in [0.15, 0.2) is 19.7 Å². The molecule has 0 fully saturated rings. The molecule has 1 heterocycles. The van der Waals surface area contributed by atoms with Crippen LogP contribution < -0.4 is 0 Å². The van der Waals surface area contributed by atoms with Crippen molar-refractivity contribution in [3.63, 3.8) is 0 Å². The predicted octanol–water partition coefficient (Wildman–Crippen LogP) is 3.93. The number of hydrogen-bond donors (Lipinski definition) is 0. The molecule has 1 aliphatic heterocycles. The van der Waals surface area contributed by atoms with Crippen molar-refractivity contribution in [1.82, 2.24) is 0 Å². The summed E-state index contributed by atoms with van der Waals surface area (Å²) < 4.78 is 2.77. The minimum atomic E-state index is -1.18. The van der Waals surface area contributed by atoms with Crippen molar-refractivity contribution in [3.05, 3.63) is 0 Å². The summed E-state index contributed by atoms with van der Waals surface area (Å²) in [6, 6.07) is 0.775. The van der Waals surface area contributed by atoms with E-state index in [0.29, 0.717) is 5.54 Å². The molecule has 0 aromatic rings. The fraction of sp³-hybridized carbons (Fsp3) is 0.929. The fourth-order valence-corrected chi connectivity index (χ4v) is 6.26. The van der Waals surface area contributed by atoms with E-state index < -0.39 is 8.07 Å². The second-order valence-electron chi connectivity index (χ2n) is 7.37. The minimum absolute atomic E-state index is 0.293. The van der Waals surface area contributed by atoms with Crippen LogP contribution in [0, 0.1) is 5.92 Å². The largest absolute Gasteiger partial charge is 0.235 e. The van der Waals surface area contributed by atoms with E-state index >= 15 is 0 Å². The molecular weight excluding hydrogens is 210 g/mol. The van der Waals surface area contributed by atoms with Gasteiger partial charge < -0.3 is 0 Å². The van der Waals surface area contributed by atoms with Crippen molar-refractivity contribution in [1.29, 1.82) is 0 Å². The van der Waals surface area contributed by atoms with Gasteiger partial charge in [-0.05, 0) is 20.8 Å². The maximum absolute atomic E-state index is 2.77. The molecule has 0 radical (unpaired) electrons. The van der Waals surface area contributed by atoms with Crippen LogP contribution in [-0.4, -0.2) is 29.6 Å². The molecule has 0 aromatic heterocycles. The van der Waals surface area contributed by atoms with E-state index in [0.717, 1.165) is 12.0 Å². The lowest BCUT2D eigenvalue weighted by Crippen LogP contribution is -2.48. The van der Waals surface area contributed by atoms with Crippen LogP contribution in [0.1, 0.15) is 47.5 Å². The number of hydrogen-bond acceptors (Lipinski definition) is 0. The Morgan fingerprint density at radius 2 is 1.75 bits per heavy atom. The lowest BCUT2D eigenvalue weighted by Gasteiger charge is -2.26. The Labute approximate surface area is 103 Å². The zero-order chi connectivity index (χ0) is 12.7. The molecule has 0 saturated carbocycles. The van der Waals surface area contributed by atoms with E-state index in [1.807, 2.05) is 0 Å². The third-order valence-electron chi connectivity index (χ3n) is 3.68. The van der Waals surface area contributed by atoms with Gasteiger partial charge in [0.25, 0.3) is 0 Å². The topological polar surface area (TPSA) is 3.01 Å². The third kappa shape index (κ3) is 2.58. The molecule has 94 valence electrons. The molecule has 0 bridgehead atoms. The Bertz CT molecular complexity index is 291. The van der Waals surface area contributed by atoms with Crippen molar-refractivity contribution >= 4 is 13.4 Å². The van der Waals surface area contributed by atoms with Crippen LogP contribution in [-0.2, 0) is 0 Å². The normalized spacial score (nSPS) is 27.8. The number of rotatable bonds is 2. The van der Waals surface area contributed by atoms with E-state index in [1.54, 1.807) is 5.33 Å². The first-order valence-corrected chi connectivity index (χ1v) is 10.3. The van der Waals surface area contributed by atoms with Crippen LogP contribution in [0.25, 0.3) is 0 Å². The fourth-order valence-electron chi connectivity index (χ4n) is 3.42. The summed E-state index contributed by atoms with van der Waals surface area (Å²) in [5.74, 6) is 0.802. The molecule has 0 saturated heterocycles. The molecule has 0 N–H and O–H groups in total. The van der Waals surface area contributed by atoms with E-state index in [2.05, 4.69) is 58.8 Å². The van der Waals surface area contributed by atoms with Gasteiger partial charge in [-0.25, -0.2) is 4.58 Å². The van der Waals surface area contributed by atoms with Gasteiger partial charge >= 0.3 is 0 Å². The zero-order valence-electron chi connectivity index (χ0n) is 12.5. The third-order valence-corrected chi connectivity index (χ3v) is 5.95. The second-order valence-corrected chi connectivity index (χ2v) is 12.4. The Morgan fingerprint density at radius 3 is 2.06 bits per heavy atom. The SMILES string of the molecule is CCC1CC(C)C([Si](C)(C)C)=[N+]1C(C)(C)C. The first kappa shape index (κ1) is 13.9. The van der Waals surface area contributed by atoms with Gasteiger partial charge in [-0.1, -0.05) is 33.5 Å². The van der Waals surface area contributed by atoms with Crippen LogP contribution in [0.15, 0.2) is 0 Å². The van der Waals surface area contributed by atoms with E-state index in [9.17, 15) is 0 Å². The van der Waals surface area contributed by atoms with Crippen LogP contribution in [0.2, 0.25) is 19.6 Å². The summed E-state index contributed by atoms with van der Waals surface area (Å²) in [4.78, 5) is 0. The highest BCUT2D eigenvalue weighted by Gasteiger charge is 2.48. The summed E-state index contributed by atoms with van der Waals surface area (Å²) >= 11 is 0. The summed E-state index contributed by atoms with van der Waals surface area (Å²) in [6.45, 7) is 19.4. The maximum Gasteiger partial charge on any atom is 0.153 e. The summed E-state index contributed by atoms with van der Waals surface area (Å²) in [6.07, 6.45) is 2.66. The molecule has 0 amide bonds. The monoisotopic (exact) mass is 240 g/mol. The highest BCUT2D eigenvalue weighted by atomic mass is 28.3. The lowest BCUT2D eigenvalue weighted by atomic mass is 10.0. The quantitative estimate of drug-likeness (QED) is 0.508. The average molecular weight is 240 g/mol. The molecule has 1 rings (SSSR count). The minimum Gasteiger partial charge on any atom is -0.235 e. The Morgan fingerprint density at radius 1 is 1.25 bits per heavy atom. The molecule has 1 nitrogen and oxygen atoms in total. The molecule has 0 aromatic carbocycles. The van der Waals surface area contributed by atoms with E-state index in [4.69, 9.17) is 0 Å². The van der Waals surface area contributed by atoms with Crippen molar-refractivity contribution < 1.29 is 4.58 Å². The molecule has 1 aliphatic rings. The molecule has 0 aliphatic carbocycles. The van der Waals surface area contributed by atoms with Gasteiger partial charge in [0.2, 0.25) is 0 Å². The van der Waals surface area contributed by atoms with Gasteiger partial charge in [-0.2, -0.15) is 0 Å². The molecular formula is C14H30NSi+. The van der Waals surface area contributed by atoms with Crippen LogP contribution >= 0.6 is 0 Å². The van der Waals surface area contributed by atoms with Crippen LogP contribution in [0.5, 0.6) is 0 Å². The lowest BCUT2D eigenvalue weighted by molar-refractivity contribution is -0.622. The van der Waals surface area contributed by atoms with Crippen molar-refractivity contribution in [2.75, 3.05) is 0 Å². The standard InChI is InChI=1S/C14H30NSi/c1-9-12-10-11(2)13(16(6,7)8)15(12)14(3,4)5/h11-12H,9-10H2,1-8H3/q+1. The van der Waals surface area contributed by atoms with Crippen molar-refractivity contribution in [2.45, 2.75) is 78.7 Å².